The molecule has 0 heterocycles. The summed E-state index contributed by atoms with van der Waals surface area (Å²) in [5, 5.41) is 0. The van der Waals surface area contributed by atoms with E-state index in [1.165, 1.54) is 23.9 Å². The molecule has 0 radical (unpaired) electrons. The predicted molar refractivity (Wildman–Crippen MR) is 45.4 cm³/mol. The van der Waals surface area contributed by atoms with Gasteiger partial charge in [-0.2, -0.15) is 0 Å². The molecular weight excluding hydrogens is 160 g/mol. The summed E-state index contributed by atoms with van der Waals surface area (Å²) in [5.74, 6) is -0.122. The van der Waals surface area contributed by atoms with E-state index in [0.29, 0.717) is 10.5 Å². The zero-order chi connectivity index (χ0) is 8.43. The minimum Gasteiger partial charge on any atom is -0.290 e. The Labute approximate surface area is 69.4 Å². The van der Waals surface area contributed by atoms with E-state index in [1.54, 1.807) is 13.2 Å². The van der Waals surface area contributed by atoms with Crippen molar-refractivity contribution in [3.63, 3.8) is 0 Å². The van der Waals surface area contributed by atoms with Gasteiger partial charge in [-0.15, -0.1) is 11.8 Å². The van der Waals surface area contributed by atoms with Crippen LogP contribution in [0.25, 0.3) is 0 Å². The third-order valence-corrected chi connectivity index (χ3v) is 2.22. The van der Waals surface area contributed by atoms with Crippen LogP contribution in [-0.4, -0.2) is 17.8 Å². The SMILES string of the molecule is CSC1=CC(=O)C(C)=CC1=O. The number of carbonyl (C=O) groups excluding carboxylic acids is 2. The van der Waals surface area contributed by atoms with Gasteiger partial charge in [-0.25, -0.2) is 0 Å². The molecule has 1 aliphatic carbocycles. The molecule has 0 aliphatic heterocycles. The van der Waals surface area contributed by atoms with Crippen LogP contribution in [-0.2, 0) is 9.59 Å². The fraction of sp³-hybridized carbons (Fsp3) is 0.250. The molecule has 0 aromatic rings. The second kappa shape index (κ2) is 3.05. The highest BCUT2D eigenvalue weighted by atomic mass is 32.2. The predicted octanol–water partition coefficient (Wildman–Crippen LogP) is 1.33. The highest BCUT2D eigenvalue weighted by molar-refractivity contribution is 8.03. The van der Waals surface area contributed by atoms with Gasteiger partial charge in [-0.1, -0.05) is 0 Å². The van der Waals surface area contributed by atoms with Gasteiger partial charge in [0.2, 0.25) is 0 Å². The third-order valence-electron chi connectivity index (χ3n) is 1.46. The second-order valence-electron chi connectivity index (χ2n) is 2.27. The number of ketones is 2. The lowest BCUT2D eigenvalue weighted by molar-refractivity contribution is -0.114. The molecule has 2 nitrogen and oxygen atoms in total. The Morgan fingerprint density at radius 2 is 1.82 bits per heavy atom. The zero-order valence-corrected chi connectivity index (χ0v) is 7.20. The molecule has 0 aromatic carbocycles. The Morgan fingerprint density at radius 1 is 1.18 bits per heavy atom. The maximum atomic E-state index is 11.1. The Balaban J connectivity index is 2.98. The molecule has 0 N–H and O–H groups in total. The molecule has 3 heteroatoms. The maximum Gasteiger partial charge on any atom is 0.192 e. The molecule has 1 aliphatic rings. The van der Waals surface area contributed by atoms with E-state index >= 15 is 0 Å². The molecular formula is C8H8O2S. The minimum absolute atomic E-state index is 0.0606. The van der Waals surface area contributed by atoms with Gasteiger partial charge in [0.05, 0.1) is 4.91 Å². The van der Waals surface area contributed by atoms with Crippen molar-refractivity contribution in [2.24, 2.45) is 0 Å². The van der Waals surface area contributed by atoms with Crippen molar-refractivity contribution < 1.29 is 9.59 Å². The van der Waals surface area contributed by atoms with Crippen molar-refractivity contribution in [1.29, 1.82) is 0 Å². The Hall–Kier alpha value is -0.830. The molecule has 58 valence electrons. The molecule has 1 rings (SSSR count). The molecule has 0 aromatic heterocycles. The lowest BCUT2D eigenvalue weighted by Gasteiger charge is -2.05. The first kappa shape index (κ1) is 8.27. The van der Waals surface area contributed by atoms with Crippen molar-refractivity contribution in [3.05, 3.63) is 22.6 Å². The lowest BCUT2D eigenvalue weighted by atomic mass is 10.1. The van der Waals surface area contributed by atoms with Crippen LogP contribution in [0.4, 0.5) is 0 Å². The molecule has 0 spiro atoms. The van der Waals surface area contributed by atoms with Gasteiger partial charge in [0, 0.05) is 11.6 Å². The number of thioether (sulfide) groups is 1. The molecule has 0 saturated heterocycles. The van der Waals surface area contributed by atoms with Gasteiger partial charge in [0.15, 0.2) is 11.6 Å². The summed E-state index contributed by atoms with van der Waals surface area (Å²) in [4.78, 5) is 22.6. The molecule has 0 fully saturated rings. The summed E-state index contributed by atoms with van der Waals surface area (Å²) < 4.78 is 0. The molecule has 0 atom stereocenters. The van der Waals surface area contributed by atoms with Crippen LogP contribution in [0.15, 0.2) is 22.6 Å². The lowest BCUT2D eigenvalue weighted by Crippen LogP contribution is -2.09. The van der Waals surface area contributed by atoms with Gasteiger partial charge >= 0.3 is 0 Å². The maximum absolute atomic E-state index is 11.1. The Bertz CT molecular complexity index is 274. The van der Waals surface area contributed by atoms with E-state index in [0.717, 1.165) is 0 Å². The van der Waals surface area contributed by atoms with E-state index in [4.69, 9.17) is 0 Å². The quantitative estimate of drug-likeness (QED) is 0.554. The summed E-state index contributed by atoms with van der Waals surface area (Å²) in [6.07, 6.45) is 4.56. The van der Waals surface area contributed by atoms with E-state index < -0.39 is 0 Å². The monoisotopic (exact) mass is 168 g/mol. The first-order chi connectivity index (χ1) is 5.15. The van der Waals surface area contributed by atoms with Gasteiger partial charge < -0.3 is 0 Å². The topological polar surface area (TPSA) is 34.1 Å². The average Bonchev–Trinajstić information content (AvgIpc) is 1.97. The summed E-state index contributed by atoms with van der Waals surface area (Å²) in [7, 11) is 0. The van der Waals surface area contributed by atoms with Crippen LogP contribution in [0.3, 0.4) is 0 Å². The van der Waals surface area contributed by atoms with Crippen LogP contribution in [0.2, 0.25) is 0 Å². The second-order valence-corrected chi connectivity index (χ2v) is 3.12. The van der Waals surface area contributed by atoms with Crippen molar-refractivity contribution >= 4 is 23.3 Å². The van der Waals surface area contributed by atoms with Crippen LogP contribution >= 0.6 is 11.8 Å². The molecule has 0 amide bonds. The van der Waals surface area contributed by atoms with Crippen molar-refractivity contribution in [1.82, 2.24) is 0 Å². The minimum atomic E-state index is -0.0612. The number of rotatable bonds is 1. The fourth-order valence-electron chi connectivity index (χ4n) is 0.802. The van der Waals surface area contributed by atoms with Crippen LogP contribution in [0.5, 0.6) is 0 Å². The summed E-state index contributed by atoms with van der Waals surface area (Å²) in [5.41, 5.74) is 0.521. The molecule has 0 bridgehead atoms. The van der Waals surface area contributed by atoms with Gasteiger partial charge in [0.1, 0.15) is 0 Å². The van der Waals surface area contributed by atoms with Crippen molar-refractivity contribution in [2.45, 2.75) is 6.92 Å². The largest absolute Gasteiger partial charge is 0.290 e. The van der Waals surface area contributed by atoms with Crippen molar-refractivity contribution in [2.75, 3.05) is 6.26 Å². The highest BCUT2D eigenvalue weighted by Gasteiger charge is 2.15. The number of allylic oxidation sites excluding steroid dienone is 4. The molecule has 0 saturated carbocycles. The summed E-state index contributed by atoms with van der Waals surface area (Å²) in [6, 6.07) is 0. The Kier molecular flexibility index (Phi) is 2.29. The van der Waals surface area contributed by atoms with E-state index in [2.05, 4.69) is 0 Å². The Morgan fingerprint density at radius 3 is 2.36 bits per heavy atom. The van der Waals surface area contributed by atoms with E-state index in [9.17, 15) is 9.59 Å². The average molecular weight is 168 g/mol. The standard InChI is InChI=1S/C8H8O2S/c1-5-3-7(10)8(11-2)4-6(5)9/h3-4H,1-2H3. The van der Waals surface area contributed by atoms with Crippen LogP contribution < -0.4 is 0 Å². The van der Waals surface area contributed by atoms with Crippen LogP contribution in [0.1, 0.15) is 6.92 Å². The van der Waals surface area contributed by atoms with E-state index in [1.807, 2.05) is 0 Å². The van der Waals surface area contributed by atoms with Gasteiger partial charge in [-0.3, -0.25) is 9.59 Å². The highest BCUT2D eigenvalue weighted by Crippen LogP contribution is 2.19. The molecule has 0 unspecified atom stereocenters. The fourth-order valence-corrected chi connectivity index (χ4v) is 1.29. The number of hydrogen-bond donors (Lipinski definition) is 0. The smallest absolute Gasteiger partial charge is 0.192 e. The first-order valence-corrected chi connectivity index (χ1v) is 4.40. The summed E-state index contributed by atoms with van der Waals surface area (Å²) >= 11 is 1.31. The summed E-state index contributed by atoms with van der Waals surface area (Å²) in [6.45, 7) is 1.65. The first-order valence-electron chi connectivity index (χ1n) is 3.18. The number of hydrogen-bond acceptors (Lipinski definition) is 3. The normalized spacial score (nSPS) is 18.0. The van der Waals surface area contributed by atoms with E-state index in [-0.39, 0.29) is 11.6 Å². The van der Waals surface area contributed by atoms with Gasteiger partial charge in [-0.05, 0) is 19.3 Å². The number of carbonyl (C=O) groups is 2. The van der Waals surface area contributed by atoms with Gasteiger partial charge in [0.25, 0.3) is 0 Å². The molecule has 11 heavy (non-hydrogen) atoms. The third kappa shape index (κ3) is 1.60. The van der Waals surface area contributed by atoms with Crippen LogP contribution in [0, 0.1) is 0 Å². The zero-order valence-electron chi connectivity index (χ0n) is 6.38. The van der Waals surface area contributed by atoms with Crippen molar-refractivity contribution in [3.8, 4) is 0 Å².